The van der Waals surface area contributed by atoms with Gasteiger partial charge in [-0.15, -0.1) is 0 Å². The molecule has 17 heavy (non-hydrogen) atoms. The zero-order chi connectivity index (χ0) is 12.5. The van der Waals surface area contributed by atoms with Gasteiger partial charge in [0.15, 0.2) is 5.54 Å². The lowest BCUT2D eigenvalue weighted by molar-refractivity contribution is -0.154. The van der Waals surface area contributed by atoms with E-state index in [9.17, 15) is 19.5 Å². The molecular weight excluding hydrogens is 228 g/mol. The van der Waals surface area contributed by atoms with Crippen molar-refractivity contribution in [1.82, 2.24) is 9.78 Å². The van der Waals surface area contributed by atoms with Crippen LogP contribution in [0.3, 0.4) is 0 Å². The molecule has 1 aromatic heterocycles. The maximum absolute atomic E-state index is 11.7. The van der Waals surface area contributed by atoms with Gasteiger partial charge in [-0.25, -0.2) is 9.48 Å². The number of aromatic amines is 1. The van der Waals surface area contributed by atoms with E-state index < -0.39 is 22.6 Å². The largest absolute Gasteiger partial charge is 0.479 e. The van der Waals surface area contributed by atoms with E-state index in [1.807, 2.05) is 0 Å². The number of carboxylic acids is 1. The van der Waals surface area contributed by atoms with Gasteiger partial charge in [-0.1, -0.05) is 0 Å². The van der Waals surface area contributed by atoms with Crippen molar-refractivity contribution in [1.29, 1.82) is 0 Å². The van der Waals surface area contributed by atoms with Crippen molar-refractivity contribution in [2.45, 2.75) is 18.4 Å². The number of nitrogens with zero attached hydrogens (tertiary/aromatic N) is 1. The number of H-pyrrole nitrogens is 1. The molecule has 0 spiro atoms. The van der Waals surface area contributed by atoms with E-state index >= 15 is 0 Å². The standard InChI is InChI=1S/C10H12N2O5/c13-7-1-2-8(14)12(11-7)10(9(15)16)3-5-17-6-4-10/h1-2H,3-6H2,(H,11,13)(H,15,16). The van der Waals surface area contributed by atoms with E-state index in [2.05, 4.69) is 5.10 Å². The molecule has 1 fully saturated rings. The molecule has 0 bridgehead atoms. The SMILES string of the molecule is O=C(O)C1(n2[nH]c(=O)ccc2=O)CCOCC1. The van der Waals surface area contributed by atoms with Gasteiger partial charge in [0.1, 0.15) is 0 Å². The highest BCUT2D eigenvalue weighted by Crippen LogP contribution is 2.27. The average molecular weight is 240 g/mol. The molecule has 0 aromatic carbocycles. The maximum atomic E-state index is 11.7. The molecular formula is C10H12N2O5. The smallest absolute Gasteiger partial charge is 0.331 e. The first-order valence-corrected chi connectivity index (χ1v) is 5.20. The lowest BCUT2D eigenvalue weighted by atomic mass is 9.90. The molecule has 1 aromatic rings. The Hall–Kier alpha value is -1.89. The third-order valence-corrected chi connectivity index (χ3v) is 2.97. The highest BCUT2D eigenvalue weighted by Gasteiger charge is 2.43. The Labute approximate surface area is 95.6 Å². The summed E-state index contributed by atoms with van der Waals surface area (Å²) >= 11 is 0. The number of hydrogen-bond acceptors (Lipinski definition) is 4. The number of nitrogens with one attached hydrogen (secondary N) is 1. The molecule has 1 aliphatic heterocycles. The van der Waals surface area contributed by atoms with Crippen LogP contribution in [-0.2, 0) is 15.1 Å². The van der Waals surface area contributed by atoms with Crippen molar-refractivity contribution in [2.75, 3.05) is 13.2 Å². The Kier molecular flexibility index (Phi) is 2.84. The Bertz CT molecular complexity index is 538. The monoisotopic (exact) mass is 240 g/mol. The molecule has 0 unspecified atom stereocenters. The number of aromatic nitrogens is 2. The molecule has 1 aliphatic rings. The summed E-state index contributed by atoms with van der Waals surface area (Å²) in [5.41, 5.74) is -2.44. The minimum atomic E-state index is -1.41. The Morgan fingerprint density at radius 3 is 2.59 bits per heavy atom. The highest BCUT2D eigenvalue weighted by molar-refractivity contribution is 5.76. The summed E-state index contributed by atoms with van der Waals surface area (Å²) in [4.78, 5) is 34.3. The third kappa shape index (κ3) is 1.89. The van der Waals surface area contributed by atoms with Gasteiger partial charge < -0.3 is 9.84 Å². The van der Waals surface area contributed by atoms with Crippen molar-refractivity contribution in [2.24, 2.45) is 0 Å². The zero-order valence-electron chi connectivity index (χ0n) is 9.01. The molecule has 2 N–H and O–H groups in total. The van der Waals surface area contributed by atoms with E-state index in [1.165, 1.54) is 0 Å². The number of ether oxygens (including phenoxy) is 1. The first-order valence-electron chi connectivity index (χ1n) is 5.20. The molecule has 7 nitrogen and oxygen atoms in total. The normalized spacial score (nSPS) is 18.8. The summed E-state index contributed by atoms with van der Waals surface area (Å²) in [7, 11) is 0. The molecule has 2 rings (SSSR count). The van der Waals surface area contributed by atoms with Crippen LogP contribution >= 0.6 is 0 Å². The van der Waals surface area contributed by atoms with Crippen molar-refractivity contribution < 1.29 is 14.6 Å². The fourth-order valence-electron chi connectivity index (χ4n) is 1.98. The van der Waals surface area contributed by atoms with Gasteiger partial charge in [0.25, 0.3) is 11.1 Å². The van der Waals surface area contributed by atoms with E-state index in [-0.39, 0.29) is 26.1 Å². The number of aliphatic carboxylic acids is 1. The second-order valence-electron chi connectivity index (χ2n) is 3.93. The molecule has 0 aliphatic carbocycles. The Morgan fingerprint density at radius 2 is 2.00 bits per heavy atom. The van der Waals surface area contributed by atoms with E-state index in [0.29, 0.717) is 0 Å². The zero-order valence-corrected chi connectivity index (χ0v) is 9.01. The summed E-state index contributed by atoms with van der Waals surface area (Å²) in [6, 6.07) is 2.15. The van der Waals surface area contributed by atoms with Gasteiger partial charge in [-0.05, 0) is 0 Å². The molecule has 0 amide bonds. The van der Waals surface area contributed by atoms with E-state index in [0.717, 1.165) is 16.8 Å². The summed E-state index contributed by atoms with van der Waals surface area (Å²) in [6.45, 7) is 0.491. The van der Waals surface area contributed by atoms with Gasteiger partial charge in [0.2, 0.25) is 0 Å². The van der Waals surface area contributed by atoms with Crippen LogP contribution in [0.2, 0.25) is 0 Å². The van der Waals surface area contributed by atoms with Gasteiger partial charge >= 0.3 is 5.97 Å². The Balaban J connectivity index is 2.60. The predicted octanol–water partition coefficient (Wildman–Crippen LogP) is -0.873. The first kappa shape index (κ1) is 11.6. The van der Waals surface area contributed by atoms with Gasteiger partial charge in [-0.3, -0.25) is 14.7 Å². The van der Waals surface area contributed by atoms with Crippen LogP contribution in [0.25, 0.3) is 0 Å². The van der Waals surface area contributed by atoms with E-state index in [4.69, 9.17) is 4.74 Å². The van der Waals surface area contributed by atoms with Crippen LogP contribution in [0.15, 0.2) is 21.7 Å². The van der Waals surface area contributed by atoms with Gasteiger partial charge in [0, 0.05) is 38.2 Å². The summed E-state index contributed by atoms with van der Waals surface area (Å²) in [6.07, 6.45) is 0.310. The highest BCUT2D eigenvalue weighted by atomic mass is 16.5. The maximum Gasteiger partial charge on any atom is 0.331 e. The molecule has 0 atom stereocenters. The molecule has 7 heteroatoms. The Morgan fingerprint density at radius 1 is 1.35 bits per heavy atom. The number of carbonyl (C=O) groups is 1. The minimum Gasteiger partial charge on any atom is -0.479 e. The predicted molar refractivity (Wildman–Crippen MR) is 57.0 cm³/mol. The molecule has 92 valence electrons. The third-order valence-electron chi connectivity index (χ3n) is 2.97. The number of hydrogen-bond donors (Lipinski definition) is 2. The summed E-state index contributed by atoms with van der Waals surface area (Å²) in [5, 5.41) is 11.6. The fraction of sp³-hybridized carbons (Fsp3) is 0.500. The van der Waals surface area contributed by atoms with Crippen molar-refractivity contribution >= 4 is 5.97 Å². The molecule has 1 saturated heterocycles. The fourth-order valence-corrected chi connectivity index (χ4v) is 1.98. The van der Waals surface area contributed by atoms with Crippen LogP contribution in [0.1, 0.15) is 12.8 Å². The van der Waals surface area contributed by atoms with Crippen molar-refractivity contribution in [3.05, 3.63) is 32.8 Å². The van der Waals surface area contributed by atoms with Crippen LogP contribution < -0.4 is 11.1 Å². The minimum absolute atomic E-state index is 0.155. The van der Waals surface area contributed by atoms with Gasteiger partial charge in [-0.2, -0.15) is 0 Å². The van der Waals surface area contributed by atoms with Gasteiger partial charge in [0.05, 0.1) is 0 Å². The second kappa shape index (κ2) is 4.17. The number of carboxylic acid groups (broad SMARTS) is 1. The second-order valence-corrected chi connectivity index (χ2v) is 3.93. The lowest BCUT2D eigenvalue weighted by Gasteiger charge is -2.33. The molecule has 2 heterocycles. The van der Waals surface area contributed by atoms with Crippen LogP contribution in [0.4, 0.5) is 0 Å². The number of rotatable bonds is 2. The quantitative estimate of drug-likeness (QED) is 0.699. The van der Waals surface area contributed by atoms with Crippen LogP contribution in [0, 0.1) is 0 Å². The van der Waals surface area contributed by atoms with Crippen molar-refractivity contribution in [3.63, 3.8) is 0 Å². The lowest BCUT2D eigenvalue weighted by Crippen LogP contribution is -2.53. The molecule has 0 radical (unpaired) electrons. The van der Waals surface area contributed by atoms with Crippen molar-refractivity contribution in [3.8, 4) is 0 Å². The van der Waals surface area contributed by atoms with Crippen LogP contribution in [-0.4, -0.2) is 34.1 Å². The van der Waals surface area contributed by atoms with Crippen LogP contribution in [0.5, 0.6) is 0 Å². The topological polar surface area (TPSA) is 101 Å². The molecule has 0 saturated carbocycles. The summed E-state index contributed by atoms with van der Waals surface area (Å²) < 4.78 is 6.00. The van der Waals surface area contributed by atoms with E-state index in [1.54, 1.807) is 0 Å². The average Bonchev–Trinajstić information content (AvgIpc) is 2.33. The first-order chi connectivity index (χ1) is 8.06. The summed E-state index contributed by atoms with van der Waals surface area (Å²) in [5.74, 6) is -1.13.